The fraction of sp³-hybridized carbons (Fsp3) is 0.600. The lowest BCUT2D eigenvalue weighted by molar-refractivity contribution is -0.0260. The lowest BCUT2D eigenvalue weighted by atomic mass is 9.92. The van der Waals surface area contributed by atoms with E-state index in [-0.39, 0.29) is 26.4 Å². The molecule has 4 nitrogen and oxygen atoms in total. The molecule has 0 saturated carbocycles. The van der Waals surface area contributed by atoms with Gasteiger partial charge in [0.15, 0.2) is 0 Å². The van der Waals surface area contributed by atoms with Crippen LogP contribution < -0.4 is 4.74 Å². The topological polar surface area (TPSA) is 69.9 Å². The van der Waals surface area contributed by atoms with Gasteiger partial charge in [0.05, 0.1) is 25.2 Å². The van der Waals surface area contributed by atoms with E-state index in [1.165, 1.54) is 0 Å². The van der Waals surface area contributed by atoms with Gasteiger partial charge in [-0.15, -0.1) is 0 Å². The van der Waals surface area contributed by atoms with Gasteiger partial charge in [0.1, 0.15) is 12.4 Å². The van der Waals surface area contributed by atoms with Gasteiger partial charge >= 0.3 is 0 Å². The lowest BCUT2D eigenvalue weighted by Crippen LogP contribution is -2.39. The van der Waals surface area contributed by atoms with Gasteiger partial charge in [0.25, 0.3) is 0 Å². The number of unbranched alkanes of at least 4 members (excludes halogenated alkanes) is 1. The van der Waals surface area contributed by atoms with Crippen molar-refractivity contribution in [2.24, 2.45) is 5.41 Å². The predicted octanol–water partition coefficient (Wildman–Crippen LogP) is 1.37. The zero-order valence-electron chi connectivity index (χ0n) is 11.5. The smallest absolute Gasteiger partial charge is 0.122 e. The van der Waals surface area contributed by atoms with E-state index in [9.17, 15) is 15.3 Å². The Balaban J connectivity index is 2.71. The Morgan fingerprint density at radius 2 is 1.68 bits per heavy atom. The Labute approximate surface area is 114 Å². The highest BCUT2D eigenvalue weighted by Crippen LogP contribution is 2.23. The van der Waals surface area contributed by atoms with Crippen molar-refractivity contribution in [3.63, 3.8) is 0 Å². The molecule has 1 rings (SSSR count). The molecule has 0 fully saturated rings. The molecule has 0 heterocycles. The van der Waals surface area contributed by atoms with Crippen molar-refractivity contribution in [2.45, 2.75) is 26.2 Å². The van der Waals surface area contributed by atoms with Gasteiger partial charge in [-0.3, -0.25) is 0 Å². The van der Waals surface area contributed by atoms with Gasteiger partial charge in [-0.25, -0.2) is 0 Å². The molecule has 0 radical (unpaired) electrons. The van der Waals surface area contributed by atoms with Crippen molar-refractivity contribution < 1.29 is 20.1 Å². The predicted molar refractivity (Wildman–Crippen MR) is 74.2 cm³/mol. The van der Waals surface area contributed by atoms with E-state index in [2.05, 4.69) is 6.92 Å². The standard InChI is InChI=1S/C15H24O4/c1-2-3-6-13-7-4-5-8-14(13)19-12-15(9-16,10-17)11-18/h4-5,7-8,16-18H,2-3,6,9-12H2,1H3. The monoisotopic (exact) mass is 268 g/mol. The number of benzene rings is 1. The Morgan fingerprint density at radius 1 is 1.05 bits per heavy atom. The number of rotatable bonds is 9. The molecule has 0 unspecified atom stereocenters. The number of aryl methyl sites for hydroxylation is 1. The first kappa shape index (κ1) is 16.0. The van der Waals surface area contributed by atoms with Gasteiger partial charge in [-0.2, -0.15) is 0 Å². The maximum atomic E-state index is 9.27. The minimum atomic E-state index is -0.988. The van der Waals surface area contributed by atoms with E-state index in [1.54, 1.807) is 0 Å². The molecular formula is C15H24O4. The van der Waals surface area contributed by atoms with Crippen LogP contribution in [0.25, 0.3) is 0 Å². The third-order valence-electron chi connectivity index (χ3n) is 3.31. The zero-order valence-corrected chi connectivity index (χ0v) is 11.5. The molecule has 0 bridgehead atoms. The van der Waals surface area contributed by atoms with Crippen molar-refractivity contribution in [3.8, 4) is 5.75 Å². The third-order valence-corrected chi connectivity index (χ3v) is 3.31. The molecule has 4 heteroatoms. The van der Waals surface area contributed by atoms with Crippen LogP contribution in [0.5, 0.6) is 5.75 Å². The normalized spacial score (nSPS) is 11.6. The molecule has 0 aromatic heterocycles. The van der Waals surface area contributed by atoms with Crippen molar-refractivity contribution in [1.82, 2.24) is 0 Å². The summed E-state index contributed by atoms with van der Waals surface area (Å²) in [6, 6.07) is 7.75. The van der Waals surface area contributed by atoms with Crippen LogP contribution in [-0.2, 0) is 6.42 Å². The van der Waals surface area contributed by atoms with Crippen LogP contribution in [0.2, 0.25) is 0 Å². The summed E-state index contributed by atoms with van der Waals surface area (Å²) in [5.41, 5.74) is 0.129. The number of aliphatic hydroxyl groups excluding tert-OH is 3. The molecule has 0 atom stereocenters. The minimum absolute atomic E-state index is 0.0969. The van der Waals surface area contributed by atoms with Crippen molar-refractivity contribution >= 4 is 0 Å². The molecule has 108 valence electrons. The quantitative estimate of drug-likeness (QED) is 0.632. The largest absolute Gasteiger partial charge is 0.492 e. The van der Waals surface area contributed by atoms with Crippen molar-refractivity contribution in [3.05, 3.63) is 29.8 Å². The van der Waals surface area contributed by atoms with Crippen molar-refractivity contribution in [2.75, 3.05) is 26.4 Å². The summed E-state index contributed by atoms with van der Waals surface area (Å²) in [7, 11) is 0. The molecule has 0 aliphatic rings. The molecule has 0 aliphatic heterocycles. The minimum Gasteiger partial charge on any atom is -0.492 e. The zero-order chi connectivity index (χ0) is 14.1. The molecule has 0 saturated heterocycles. The maximum absolute atomic E-state index is 9.27. The first-order valence-electron chi connectivity index (χ1n) is 6.74. The Morgan fingerprint density at radius 3 is 2.26 bits per heavy atom. The van der Waals surface area contributed by atoms with E-state index in [4.69, 9.17) is 4.74 Å². The van der Waals surface area contributed by atoms with Crippen LogP contribution in [0.1, 0.15) is 25.3 Å². The highest BCUT2D eigenvalue weighted by atomic mass is 16.5. The first-order chi connectivity index (χ1) is 9.21. The Kier molecular flexibility index (Phi) is 6.84. The van der Waals surface area contributed by atoms with Crippen LogP contribution >= 0.6 is 0 Å². The lowest BCUT2D eigenvalue weighted by Gasteiger charge is -2.27. The first-order valence-corrected chi connectivity index (χ1v) is 6.74. The van der Waals surface area contributed by atoms with Gasteiger partial charge in [-0.1, -0.05) is 31.5 Å². The van der Waals surface area contributed by atoms with E-state index in [0.29, 0.717) is 0 Å². The van der Waals surface area contributed by atoms with Crippen LogP contribution in [-0.4, -0.2) is 41.7 Å². The average Bonchev–Trinajstić information content (AvgIpc) is 2.48. The number of hydrogen-bond acceptors (Lipinski definition) is 4. The summed E-state index contributed by atoms with van der Waals surface area (Å²) in [5, 5.41) is 27.8. The second-order valence-electron chi connectivity index (χ2n) is 4.97. The van der Waals surface area contributed by atoms with Gasteiger partial charge in [0, 0.05) is 0 Å². The highest BCUT2D eigenvalue weighted by Gasteiger charge is 2.29. The van der Waals surface area contributed by atoms with Crippen molar-refractivity contribution in [1.29, 1.82) is 0 Å². The SMILES string of the molecule is CCCCc1ccccc1OCC(CO)(CO)CO. The Hall–Kier alpha value is -1.10. The summed E-state index contributed by atoms with van der Waals surface area (Å²) < 4.78 is 5.69. The fourth-order valence-electron chi connectivity index (χ4n) is 1.74. The van der Waals surface area contributed by atoms with E-state index < -0.39 is 5.41 Å². The molecule has 1 aromatic carbocycles. The number of hydrogen-bond donors (Lipinski definition) is 3. The van der Waals surface area contributed by atoms with E-state index in [0.717, 1.165) is 30.6 Å². The van der Waals surface area contributed by atoms with Gasteiger partial charge in [-0.05, 0) is 24.5 Å². The number of para-hydroxylation sites is 1. The fourth-order valence-corrected chi connectivity index (χ4v) is 1.74. The molecule has 0 amide bonds. The van der Waals surface area contributed by atoms with Gasteiger partial charge in [0.2, 0.25) is 0 Å². The second-order valence-corrected chi connectivity index (χ2v) is 4.97. The summed E-state index contributed by atoms with van der Waals surface area (Å²) in [6.45, 7) is 1.31. The maximum Gasteiger partial charge on any atom is 0.122 e. The van der Waals surface area contributed by atoms with Crippen LogP contribution in [0.15, 0.2) is 24.3 Å². The molecule has 19 heavy (non-hydrogen) atoms. The summed E-state index contributed by atoms with van der Waals surface area (Å²) >= 11 is 0. The molecule has 0 spiro atoms. The summed E-state index contributed by atoms with van der Waals surface area (Å²) in [4.78, 5) is 0. The van der Waals surface area contributed by atoms with Crippen LogP contribution in [0, 0.1) is 5.41 Å². The Bertz CT molecular complexity index is 353. The molecule has 0 aliphatic carbocycles. The summed E-state index contributed by atoms with van der Waals surface area (Å²) in [6.07, 6.45) is 3.14. The third kappa shape index (κ3) is 4.49. The second kappa shape index (κ2) is 8.15. The van der Waals surface area contributed by atoms with Crippen LogP contribution in [0.4, 0.5) is 0 Å². The van der Waals surface area contributed by atoms with Gasteiger partial charge < -0.3 is 20.1 Å². The van der Waals surface area contributed by atoms with E-state index >= 15 is 0 Å². The molecular weight excluding hydrogens is 244 g/mol. The van der Waals surface area contributed by atoms with E-state index in [1.807, 2.05) is 24.3 Å². The summed E-state index contributed by atoms with van der Waals surface area (Å²) in [5.74, 6) is 0.760. The highest BCUT2D eigenvalue weighted by molar-refractivity contribution is 5.33. The molecule has 3 N–H and O–H groups in total. The number of aliphatic hydroxyl groups is 3. The number of ether oxygens (including phenoxy) is 1. The molecule has 1 aromatic rings. The average molecular weight is 268 g/mol. The van der Waals surface area contributed by atoms with Crippen LogP contribution in [0.3, 0.4) is 0 Å².